The third-order valence-corrected chi connectivity index (χ3v) is 10.7. The van der Waals surface area contributed by atoms with Gasteiger partial charge in [-0.25, -0.2) is 0 Å². The molecule has 4 heteroatoms. The molecule has 7 aromatic rings. The molecule has 3 aromatic heterocycles. The zero-order valence-corrected chi connectivity index (χ0v) is 33.3. The molecule has 0 atom stereocenters. The first-order valence-corrected chi connectivity index (χ1v) is 19.7. The van der Waals surface area contributed by atoms with Crippen LogP contribution in [0.25, 0.3) is 72.4 Å². The molecule has 0 saturated carbocycles. The van der Waals surface area contributed by atoms with Crippen molar-refractivity contribution in [3.63, 3.8) is 0 Å². The van der Waals surface area contributed by atoms with Crippen molar-refractivity contribution in [1.29, 1.82) is 0 Å². The molecule has 4 aromatic carbocycles. The Labute approximate surface area is 316 Å². The molecule has 0 aliphatic carbocycles. The Morgan fingerprint density at radius 2 is 1.60 bits per heavy atom. The normalized spacial score (nSPS) is 13.1. The molecule has 1 aliphatic rings. The van der Waals surface area contributed by atoms with Crippen molar-refractivity contribution in [1.82, 2.24) is 8.97 Å². The summed E-state index contributed by atoms with van der Waals surface area (Å²) in [5, 5.41) is 7.71. The number of unbranched alkanes of at least 4 members (excludes halogenated alkanes) is 2. The number of aryl methyl sites for hydroxylation is 4. The smallest absolute Gasteiger partial charge is 0.0895 e. The molecule has 0 bridgehead atoms. The van der Waals surface area contributed by atoms with Gasteiger partial charge in [0, 0.05) is 67.8 Å². The third-order valence-electron chi connectivity index (χ3n) is 10.7. The van der Waals surface area contributed by atoms with E-state index in [4.69, 9.17) is 10.7 Å². The second-order valence-electron chi connectivity index (χ2n) is 13.6. The molecule has 2 N–H and O–H groups in total. The van der Waals surface area contributed by atoms with Crippen LogP contribution in [0.2, 0.25) is 0 Å². The molecule has 8 rings (SSSR count). The van der Waals surface area contributed by atoms with Crippen LogP contribution in [0.3, 0.4) is 0 Å². The Morgan fingerprint density at radius 1 is 0.830 bits per heavy atom. The summed E-state index contributed by atoms with van der Waals surface area (Å²) in [5.74, 6) is 0. The van der Waals surface area contributed by atoms with Gasteiger partial charge in [0.05, 0.1) is 27.9 Å². The predicted octanol–water partition coefficient (Wildman–Crippen LogP) is 13.8. The van der Waals surface area contributed by atoms with Crippen molar-refractivity contribution in [2.24, 2.45) is 10.7 Å². The number of allylic oxidation sites excluding steroid dienone is 4. The highest BCUT2D eigenvalue weighted by atomic mass is 15.0. The quantitative estimate of drug-likeness (QED) is 0.118. The van der Waals surface area contributed by atoms with Crippen LogP contribution in [0.15, 0.2) is 90.1 Å². The number of benzene rings is 4. The van der Waals surface area contributed by atoms with Gasteiger partial charge < -0.3 is 14.7 Å². The maximum atomic E-state index is 6.51. The number of fused-ring (bicyclic) bond motifs is 5. The highest BCUT2D eigenvalue weighted by Gasteiger charge is 2.26. The maximum Gasteiger partial charge on any atom is 0.0895 e. The van der Waals surface area contributed by atoms with Crippen molar-refractivity contribution in [3.05, 3.63) is 124 Å². The Hall–Kier alpha value is -5.35. The Bertz CT molecular complexity index is 2600. The summed E-state index contributed by atoms with van der Waals surface area (Å²) in [6, 6.07) is 20.7. The Morgan fingerprint density at radius 3 is 2.30 bits per heavy atom. The minimum atomic E-state index is 0.696. The van der Waals surface area contributed by atoms with E-state index >= 15 is 0 Å². The van der Waals surface area contributed by atoms with Crippen molar-refractivity contribution in [2.75, 3.05) is 0 Å². The van der Waals surface area contributed by atoms with Crippen LogP contribution >= 0.6 is 0 Å². The van der Waals surface area contributed by atoms with E-state index in [-0.39, 0.29) is 0 Å². The van der Waals surface area contributed by atoms with Gasteiger partial charge in [-0.2, -0.15) is 0 Å². The second-order valence-corrected chi connectivity index (χ2v) is 13.6. The first-order valence-electron chi connectivity index (χ1n) is 19.7. The lowest BCUT2D eigenvalue weighted by Gasteiger charge is -2.16. The Balaban J connectivity index is 0.00000116. The molecule has 0 unspecified atom stereocenters. The third kappa shape index (κ3) is 5.99. The van der Waals surface area contributed by atoms with E-state index in [1.165, 1.54) is 107 Å². The topological polar surface area (TPSA) is 47.7 Å². The van der Waals surface area contributed by atoms with Crippen LogP contribution in [-0.2, 0) is 6.42 Å². The van der Waals surface area contributed by atoms with Gasteiger partial charge in [0.1, 0.15) is 0 Å². The summed E-state index contributed by atoms with van der Waals surface area (Å²) in [4.78, 5) is 4.74. The van der Waals surface area contributed by atoms with Gasteiger partial charge in [0.15, 0.2) is 0 Å². The molecule has 0 radical (unpaired) electrons. The zero-order valence-electron chi connectivity index (χ0n) is 33.3. The second kappa shape index (κ2) is 15.7. The fraction of sp³-hybridized carbons (Fsp3) is 0.286. The van der Waals surface area contributed by atoms with Gasteiger partial charge in [0.25, 0.3) is 0 Å². The summed E-state index contributed by atoms with van der Waals surface area (Å²) < 4.78 is 4.99. The van der Waals surface area contributed by atoms with Crippen LogP contribution in [0, 0.1) is 20.8 Å². The van der Waals surface area contributed by atoms with E-state index < -0.39 is 0 Å². The predicted molar refractivity (Wildman–Crippen MR) is 236 cm³/mol. The highest BCUT2D eigenvalue weighted by Crippen LogP contribution is 2.46. The van der Waals surface area contributed by atoms with Gasteiger partial charge in [-0.3, -0.25) is 4.99 Å². The van der Waals surface area contributed by atoms with Gasteiger partial charge in [-0.15, -0.1) is 0 Å². The van der Waals surface area contributed by atoms with Crippen LogP contribution in [-0.4, -0.2) is 15.2 Å². The van der Waals surface area contributed by atoms with Gasteiger partial charge in [-0.1, -0.05) is 109 Å². The van der Waals surface area contributed by atoms with Gasteiger partial charge >= 0.3 is 0 Å². The minimum absolute atomic E-state index is 0.696. The van der Waals surface area contributed by atoms with Crippen molar-refractivity contribution >= 4 is 72.9 Å². The first kappa shape index (κ1) is 37.4. The molecular weight excluding hydrogens is 645 g/mol. The van der Waals surface area contributed by atoms with Crippen molar-refractivity contribution in [2.45, 2.75) is 94.4 Å². The number of aliphatic imine (C=N–C) groups is 1. The molecule has 0 fully saturated rings. The molecule has 4 heterocycles. The van der Waals surface area contributed by atoms with E-state index in [0.29, 0.717) is 6.42 Å². The van der Waals surface area contributed by atoms with E-state index in [1.807, 2.05) is 46.1 Å². The number of rotatable bonds is 9. The highest BCUT2D eigenvalue weighted by molar-refractivity contribution is 6.27. The summed E-state index contributed by atoms with van der Waals surface area (Å²) in [7, 11) is 0. The molecular formula is C49H56N4. The van der Waals surface area contributed by atoms with Crippen LogP contribution in [0.1, 0.15) is 106 Å². The van der Waals surface area contributed by atoms with Crippen LogP contribution in [0.5, 0.6) is 0 Å². The molecule has 1 aliphatic heterocycles. The van der Waals surface area contributed by atoms with Crippen molar-refractivity contribution in [3.8, 4) is 5.69 Å². The molecule has 0 amide bonds. The lowest BCUT2D eigenvalue weighted by Crippen LogP contribution is -2.00. The summed E-state index contributed by atoms with van der Waals surface area (Å²) in [6.07, 6.45) is 17.8. The van der Waals surface area contributed by atoms with Crippen LogP contribution < -0.4 is 5.73 Å². The van der Waals surface area contributed by atoms with Gasteiger partial charge in [-0.05, 0) is 93.0 Å². The minimum Gasteiger partial charge on any atom is -0.400 e. The molecule has 272 valence electrons. The standard InChI is InChI=1S/C45H44N4.2C2H6/c1-7-10-12-16-31-27(4)19-22-39-42(31)43-36-25-30(15-11-8-2)48-29(6)32(14-9-3)35(45(36)48)26-40(43)49(39)38-21-20-28(5)41-33(38)17-13-18-34(41)44-37(46)23-24-47-44;2*1-2/h8-9,11,13-15,17-22,24-26H,2,7,10,12,16,23,46H2,1,3-6H3;2*1-2H3/b14-9-,15-11-;;. The first-order chi connectivity index (χ1) is 25.9. The van der Waals surface area contributed by atoms with Crippen molar-refractivity contribution < 1.29 is 0 Å². The fourth-order valence-corrected chi connectivity index (χ4v) is 8.47. The zero-order chi connectivity index (χ0) is 38.0. The summed E-state index contributed by atoms with van der Waals surface area (Å²) in [6.45, 7) is 23.1. The SMILES string of the molecule is C=C/C=C\c1cc2c3c4c(CCCCC)c(C)ccc4n(-c4ccc(C)c5c(C6=C(N)CC=N6)cccc45)c3cc3c(/C=C\C)c(C)n1c32.CC.CC. The number of nitrogens with zero attached hydrogens (tertiary/aromatic N) is 3. The summed E-state index contributed by atoms with van der Waals surface area (Å²) in [5.41, 5.74) is 22.1. The summed E-state index contributed by atoms with van der Waals surface area (Å²) >= 11 is 0. The van der Waals surface area contributed by atoms with E-state index in [1.54, 1.807) is 0 Å². The average molecular weight is 701 g/mol. The maximum absolute atomic E-state index is 6.51. The van der Waals surface area contributed by atoms with Gasteiger partial charge in [0.2, 0.25) is 0 Å². The molecule has 4 nitrogen and oxygen atoms in total. The van der Waals surface area contributed by atoms with E-state index in [9.17, 15) is 0 Å². The fourth-order valence-electron chi connectivity index (χ4n) is 8.47. The number of hydrogen-bond acceptors (Lipinski definition) is 2. The monoisotopic (exact) mass is 700 g/mol. The van der Waals surface area contributed by atoms with Crippen LogP contribution in [0.4, 0.5) is 0 Å². The molecule has 0 spiro atoms. The van der Waals surface area contributed by atoms with E-state index in [0.717, 1.165) is 23.4 Å². The molecule has 0 saturated heterocycles. The lowest BCUT2D eigenvalue weighted by atomic mass is 9.95. The average Bonchev–Trinajstić information content (AvgIpc) is 3.93. The number of aromatic nitrogens is 2. The molecule has 53 heavy (non-hydrogen) atoms. The largest absolute Gasteiger partial charge is 0.400 e. The number of hydrogen-bond donors (Lipinski definition) is 1. The number of nitrogens with two attached hydrogens (primary N) is 1. The lowest BCUT2D eigenvalue weighted by molar-refractivity contribution is 0.718. The van der Waals surface area contributed by atoms with E-state index in [2.05, 4.69) is 123 Å². The Kier molecular flexibility index (Phi) is 11.1.